The standard InChI is InChI=1S/C13H16BrClN2O3S/c14-10-3-4-12(11(15)9-10)21(19,20)16-6-5-13(18)17-7-1-2-8-17/h3-4,9,16H,1-2,5-8H2. The average Bonchev–Trinajstić information content (AvgIpc) is 2.91. The predicted octanol–water partition coefficient (Wildman–Crippen LogP) is 2.39. The second-order valence-electron chi connectivity index (χ2n) is 4.81. The molecular formula is C13H16BrClN2O3S. The Morgan fingerprint density at radius 1 is 1.33 bits per heavy atom. The van der Waals surface area contributed by atoms with Gasteiger partial charge in [0.2, 0.25) is 15.9 Å². The molecule has 5 nitrogen and oxygen atoms in total. The lowest BCUT2D eigenvalue weighted by Gasteiger charge is -2.15. The first kappa shape index (κ1) is 16.7. The molecule has 1 aromatic rings. The monoisotopic (exact) mass is 394 g/mol. The van der Waals surface area contributed by atoms with E-state index in [1.807, 2.05) is 0 Å². The Bertz CT molecular complexity index is 630. The number of halogens is 2. The van der Waals surface area contributed by atoms with Gasteiger partial charge in [-0.1, -0.05) is 27.5 Å². The summed E-state index contributed by atoms with van der Waals surface area (Å²) in [5.41, 5.74) is 0. The van der Waals surface area contributed by atoms with E-state index in [1.165, 1.54) is 12.1 Å². The molecule has 0 aliphatic carbocycles. The molecule has 1 fully saturated rings. The Morgan fingerprint density at radius 3 is 2.62 bits per heavy atom. The highest BCUT2D eigenvalue weighted by molar-refractivity contribution is 9.10. The maximum Gasteiger partial charge on any atom is 0.242 e. The minimum absolute atomic E-state index is 0.0148. The summed E-state index contributed by atoms with van der Waals surface area (Å²) in [5.74, 6) is -0.0166. The first-order valence-corrected chi connectivity index (χ1v) is 9.28. The number of hydrogen-bond acceptors (Lipinski definition) is 3. The van der Waals surface area contributed by atoms with E-state index in [0.29, 0.717) is 4.47 Å². The van der Waals surface area contributed by atoms with E-state index in [9.17, 15) is 13.2 Å². The van der Waals surface area contributed by atoms with E-state index in [0.717, 1.165) is 25.9 Å². The molecule has 1 aliphatic rings. The molecule has 1 aromatic carbocycles. The van der Waals surface area contributed by atoms with Crippen molar-refractivity contribution in [2.75, 3.05) is 19.6 Å². The molecule has 116 valence electrons. The van der Waals surface area contributed by atoms with Crippen LogP contribution in [0.2, 0.25) is 5.02 Å². The van der Waals surface area contributed by atoms with Crippen LogP contribution in [0.4, 0.5) is 0 Å². The van der Waals surface area contributed by atoms with Crippen molar-refractivity contribution < 1.29 is 13.2 Å². The Hall–Kier alpha value is -0.630. The molecule has 0 unspecified atom stereocenters. The summed E-state index contributed by atoms with van der Waals surface area (Å²) in [4.78, 5) is 13.6. The fraction of sp³-hybridized carbons (Fsp3) is 0.462. The minimum atomic E-state index is -3.70. The molecule has 1 aliphatic heterocycles. The molecule has 1 heterocycles. The normalized spacial score (nSPS) is 15.4. The Morgan fingerprint density at radius 2 is 2.00 bits per heavy atom. The molecule has 2 rings (SSSR count). The van der Waals surface area contributed by atoms with Crippen molar-refractivity contribution in [1.29, 1.82) is 0 Å². The van der Waals surface area contributed by atoms with Crippen molar-refractivity contribution in [2.45, 2.75) is 24.2 Å². The number of nitrogens with zero attached hydrogens (tertiary/aromatic N) is 1. The molecule has 0 saturated carbocycles. The zero-order valence-corrected chi connectivity index (χ0v) is 14.5. The first-order chi connectivity index (χ1) is 9.90. The van der Waals surface area contributed by atoms with E-state index in [1.54, 1.807) is 11.0 Å². The smallest absolute Gasteiger partial charge is 0.242 e. The Labute approximate surface area is 137 Å². The molecule has 0 radical (unpaired) electrons. The number of sulfonamides is 1. The van der Waals surface area contributed by atoms with Crippen LogP contribution in [0.5, 0.6) is 0 Å². The van der Waals surface area contributed by atoms with Gasteiger partial charge >= 0.3 is 0 Å². The number of carbonyl (C=O) groups excluding carboxylic acids is 1. The van der Waals surface area contributed by atoms with E-state index in [4.69, 9.17) is 11.6 Å². The summed E-state index contributed by atoms with van der Waals surface area (Å²) in [7, 11) is -3.70. The maximum absolute atomic E-state index is 12.1. The van der Waals surface area contributed by atoms with Gasteiger partial charge in [-0.15, -0.1) is 0 Å². The Kier molecular flexibility index (Phi) is 5.65. The van der Waals surface area contributed by atoms with Crippen molar-refractivity contribution in [3.63, 3.8) is 0 Å². The third-order valence-corrected chi connectivity index (χ3v) is 5.71. The van der Waals surface area contributed by atoms with Gasteiger partial charge < -0.3 is 4.90 Å². The molecule has 1 saturated heterocycles. The van der Waals surface area contributed by atoms with E-state index >= 15 is 0 Å². The second-order valence-corrected chi connectivity index (χ2v) is 7.87. The van der Waals surface area contributed by atoms with E-state index in [2.05, 4.69) is 20.7 Å². The summed E-state index contributed by atoms with van der Waals surface area (Å²) in [6.45, 7) is 1.61. The molecule has 0 spiro atoms. The molecule has 21 heavy (non-hydrogen) atoms. The number of likely N-dealkylation sites (tertiary alicyclic amines) is 1. The van der Waals surface area contributed by atoms with Gasteiger partial charge in [0.25, 0.3) is 0 Å². The number of carbonyl (C=O) groups is 1. The number of hydrogen-bond donors (Lipinski definition) is 1. The predicted molar refractivity (Wildman–Crippen MR) is 84.8 cm³/mol. The number of benzene rings is 1. The lowest BCUT2D eigenvalue weighted by Crippen LogP contribution is -2.32. The van der Waals surface area contributed by atoms with Crippen LogP contribution in [0.15, 0.2) is 27.6 Å². The van der Waals surface area contributed by atoms with Crippen LogP contribution in [0.25, 0.3) is 0 Å². The fourth-order valence-corrected chi connectivity index (χ4v) is 4.26. The zero-order valence-electron chi connectivity index (χ0n) is 11.3. The van der Waals surface area contributed by atoms with Crippen LogP contribution in [-0.4, -0.2) is 38.9 Å². The molecule has 1 N–H and O–H groups in total. The molecule has 8 heteroatoms. The second kappa shape index (κ2) is 7.09. The van der Waals surface area contributed by atoms with Crippen LogP contribution >= 0.6 is 27.5 Å². The third kappa shape index (κ3) is 4.42. The van der Waals surface area contributed by atoms with Crippen LogP contribution in [0, 0.1) is 0 Å². The highest BCUT2D eigenvalue weighted by Gasteiger charge is 2.20. The number of nitrogens with one attached hydrogen (secondary N) is 1. The lowest BCUT2D eigenvalue weighted by atomic mass is 10.4. The quantitative estimate of drug-likeness (QED) is 0.832. The van der Waals surface area contributed by atoms with E-state index in [-0.39, 0.29) is 28.8 Å². The van der Waals surface area contributed by atoms with Crippen molar-refractivity contribution in [1.82, 2.24) is 9.62 Å². The summed E-state index contributed by atoms with van der Waals surface area (Å²) in [5, 5.41) is 0.141. The first-order valence-electron chi connectivity index (χ1n) is 6.62. The highest BCUT2D eigenvalue weighted by atomic mass is 79.9. The fourth-order valence-electron chi connectivity index (χ4n) is 2.19. The van der Waals surface area contributed by atoms with Gasteiger partial charge in [-0.05, 0) is 31.0 Å². The summed E-state index contributed by atoms with van der Waals surface area (Å²) >= 11 is 9.16. The van der Waals surface area contributed by atoms with Crippen LogP contribution < -0.4 is 4.72 Å². The molecule has 0 bridgehead atoms. The van der Waals surface area contributed by atoms with Crippen molar-refractivity contribution >= 4 is 43.5 Å². The molecule has 0 aromatic heterocycles. The van der Waals surface area contributed by atoms with Gasteiger partial charge in [0.15, 0.2) is 0 Å². The summed E-state index contributed by atoms with van der Waals surface area (Å²) < 4.78 is 27.4. The molecule has 1 amide bonds. The third-order valence-electron chi connectivity index (χ3n) is 3.27. The highest BCUT2D eigenvalue weighted by Crippen LogP contribution is 2.25. The van der Waals surface area contributed by atoms with Crippen LogP contribution in [-0.2, 0) is 14.8 Å². The maximum atomic E-state index is 12.1. The van der Waals surface area contributed by atoms with Crippen molar-refractivity contribution in [3.8, 4) is 0 Å². The van der Waals surface area contributed by atoms with Gasteiger partial charge in [0, 0.05) is 30.5 Å². The van der Waals surface area contributed by atoms with Crippen LogP contribution in [0.1, 0.15) is 19.3 Å². The molecular weight excluding hydrogens is 380 g/mol. The zero-order chi connectivity index (χ0) is 15.5. The number of amides is 1. The summed E-state index contributed by atoms with van der Waals surface area (Å²) in [6.07, 6.45) is 2.20. The van der Waals surface area contributed by atoms with Gasteiger partial charge in [0.1, 0.15) is 4.90 Å². The van der Waals surface area contributed by atoms with Gasteiger partial charge in [-0.3, -0.25) is 4.79 Å². The van der Waals surface area contributed by atoms with Gasteiger partial charge in [-0.2, -0.15) is 0 Å². The number of rotatable bonds is 5. The lowest BCUT2D eigenvalue weighted by molar-refractivity contribution is -0.129. The largest absolute Gasteiger partial charge is 0.343 e. The minimum Gasteiger partial charge on any atom is -0.343 e. The topological polar surface area (TPSA) is 66.5 Å². The molecule has 0 atom stereocenters. The Balaban J connectivity index is 1.93. The summed E-state index contributed by atoms with van der Waals surface area (Å²) in [6, 6.07) is 4.55. The average molecular weight is 396 g/mol. The van der Waals surface area contributed by atoms with Gasteiger partial charge in [0.05, 0.1) is 5.02 Å². The van der Waals surface area contributed by atoms with Crippen molar-refractivity contribution in [3.05, 3.63) is 27.7 Å². The van der Waals surface area contributed by atoms with Crippen molar-refractivity contribution in [2.24, 2.45) is 0 Å². The van der Waals surface area contributed by atoms with Crippen LogP contribution in [0.3, 0.4) is 0 Å². The SMILES string of the molecule is O=C(CCNS(=O)(=O)c1ccc(Br)cc1Cl)N1CCCC1. The van der Waals surface area contributed by atoms with E-state index < -0.39 is 10.0 Å². The van der Waals surface area contributed by atoms with Gasteiger partial charge in [-0.25, -0.2) is 13.1 Å².